The van der Waals surface area contributed by atoms with Crippen LogP contribution < -0.4 is 5.32 Å². The highest BCUT2D eigenvalue weighted by molar-refractivity contribution is 7.09. The van der Waals surface area contributed by atoms with Gasteiger partial charge in [0, 0.05) is 48.9 Å². The first-order valence-corrected chi connectivity index (χ1v) is 11.8. The molecule has 164 valence electrons. The fourth-order valence-corrected chi connectivity index (χ4v) is 5.41. The zero-order valence-corrected chi connectivity index (χ0v) is 18.6. The third kappa shape index (κ3) is 4.08. The predicted molar refractivity (Wildman–Crippen MR) is 118 cm³/mol. The third-order valence-corrected chi connectivity index (χ3v) is 7.27. The van der Waals surface area contributed by atoms with Gasteiger partial charge in [-0.05, 0) is 49.1 Å². The molecular formula is C23H28N4O3S. The molecule has 4 amide bonds. The van der Waals surface area contributed by atoms with Crippen LogP contribution in [0.2, 0.25) is 0 Å². The number of likely N-dealkylation sites (tertiary alicyclic amines) is 1. The Bertz CT molecular complexity index is 926. The molecule has 8 heteroatoms. The highest BCUT2D eigenvalue weighted by Gasteiger charge is 2.57. The van der Waals surface area contributed by atoms with Gasteiger partial charge in [-0.3, -0.25) is 19.5 Å². The number of nitrogens with zero attached hydrogens (tertiary/aromatic N) is 3. The van der Waals surface area contributed by atoms with E-state index in [4.69, 9.17) is 0 Å². The molecule has 2 aromatic heterocycles. The van der Waals surface area contributed by atoms with E-state index in [1.165, 1.54) is 4.90 Å². The molecule has 1 N–H and O–H groups in total. The summed E-state index contributed by atoms with van der Waals surface area (Å²) in [5.74, 6) is -0.137. The fourth-order valence-electron chi connectivity index (χ4n) is 4.71. The Labute approximate surface area is 186 Å². The van der Waals surface area contributed by atoms with Crippen LogP contribution in [-0.2, 0) is 21.5 Å². The van der Waals surface area contributed by atoms with Gasteiger partial charge in [0.1, 0.15) is 0 Å². The smallest absolute Gasteiger partial charge is 0.325 e. The molecule has 7 nitrogen and oxygen atoms in total. The van der Waals surface area contributed by atoms with Gasteiger partial charge in [0.15, 0.2) is 5.54 Å². The van der Waals surface area contributed by atoms with Crippen molar-refractivity contribution >= 4 is 29.2 Å². The van der Waals surface area contributed by atoms with E-state index in [9.17, 15) is 14.4 Å². The van der Waals surface area contributed by atoms with E-state index in [0.717, 1.165) is 11.3 Å². The lowest BCUT2D eigenvalue weighted by molar-refractivity contribution is -0.136. The number of hydrogen-bond acceptors (Lipinski definition) is 5. The number of urea groups is 1. The van der Waals surface area contributed by atoms with Crippen molar-refractivity contribution in [2.45, 2.75) is 44.6 Å². The summed E-state index contributed by atoms with van der Waals surface area (Å²) >= 11 is 1.62. The zero-order valence-electron chi connectivity index (χ0n) is 17.8. The lowest BCUT2D eigenvalue weighted by atomic mass is 9.73. The molecule has 4 heterocycles. The Morgan fingerprint density at radius 1 is 1.26 bits per heavy atom. The summed E-state index contributed by atoms with van der Waals surface area (Å²) < 4.78 is 0. The van der Waals surface area contributed by atoms with Gasteiger partial charge in [0.25, 0.3) is 5.91 Å². The summed E-state index contributed by atoms with van der Waals surface area (Å²) in [7, 11) is 0. The maximum absolute atomic E-state index is 13.8. The molecule has 4 rings (SSSR count). The number of hydrogen-bond donors (Lipinski definition) is 1. The second-order valence-electron chi connectivity index (χ2n) is 8.17. The maximum atomic E-state index is 13.8. The number of aromatic nitrogens is 1. The topological polar surface area (TPSA) is 82.6 Å². The molecule has 0 spiro atoms. The van der Waals surface area contributed by atoms with Crippen LogP contribution in [0.25, 0.3) is 0 Å². The van der Waals surface area contributed by atoms with Crippen molar-refractivity contribution < 1.29 is 14.4 Å². The molecule has 2 aliphatic heterocycles. The lowest BCUT2D eigenvalue weighted by Crippen LogP contribution is -2.54. The second kappa shape index (κ2) is 9.18. The van der Waals surface area contributed by atoms with Crippen LogP contribution in [-0.4, -0.2) is 52.3 Å². The second-order valence-corrected chi connectivity index (χ2v) is 9.20. The first kappa shape index (κ1) is 21.5. The minimum absolute atomic E-state index is 0.0921. The number of nitrogens with one attached hydrogen (secondary N) is 1. The van der Waals surface area contributed by atoms with E-state index in [-0.39, 0.29) is 23.8 Å². The molecule has 0 radical (unpaired) electrons. The highest BCUT2D eigenvalue weighted by Crippen LogP contribution is 2.41. The van der Waals surface area contributed by atoms with Gasteiger partial charge in [-0.2, -0.15) is 0 Å². The molecule has 1 atom stereocenters. The van der Waals surface area contributed by atoms with Crippen LogP contribution in [0.3, 0.4) is 0 Å². The van der Waals surface area contributed by atoms with Crippen LogP contribution in [0.5, 0.6) is 0 Å². The molecule has 0 saturated carbocycles. The first-order chi connectivity index (χ1) is 15.1. The van der Waals surface area contributed by atoms with Crippen LogP contribution in [0, 0.1) is 5.92 Å². The van der Waals surface area contributed by atoms with Crippen LogP contribution >= 0.6 is 11.3 Å². The van der Waals surface area contributed by atoms with Crippen molar-refractivity contribution in [1.82, 2.24) is 20.1 Å². The maximum Gasteiger partial charge on any atom is 0.325 e. The number of thiophene rings is 1. The van der Waals surface area contributed by atoms with E-state index in [1.807, 2.05) is 35.4 Å². The van der Waals surface area contributed by atoms with E-state index in [1.54, 1.807) is 29.8 Å². The first-order valence-electron chi connectivity index (χ1n) is 10.9. The quantitative estimate of drug-likeness (QED) is 0.671. The zero-order chi connectivity index (χ0) is 21.8. The Morgan fingerprint density at radius 3 is 2.71 bits per heavy atom. The Hall–Kier alpha value is -2.74. The van der Waals surface area contributed by atoms with Gasteiger partial charge in [-0.25, -0.2) is 4.79 Å². The monoisotopic (exact) mass is 440 g/mol. The summed E-state index contributed by atoms with van der Waals surface area (Å²) in [5, 5.41) is 5.04. The normalized spacial score (nSPS) is 22.1. The number of amides is 4. The highest BCUT2D eigenvalue weighted by atomic mass is 32.1. The van der Waals surface area contributed by atoms with Gasteiger partial charge in [-0.15, -0.1) is 11.3 Å². The summed E-state index contributed by atoms with van der Waals surface area (Å²) in [6, 6.07) is 7.29. The average molecular weight is 441 g/mol. The summed E-state index contributed by atoms with van der Waals surface area (Å²) in [6.45, 7) is 3.55. The number of imide groups is 1. The number of piperidine rings is 1. The molecule has 0 aliphatic carbocycles. The van der Waals surface area contributed by atoms with Crippen molar-refractivity contribution in [3.05, 3.63) is 52.5 Å². The van der Waals surface area contributed by atoms with E-state index in [2.05, 4.69) is 10.3 Å². The summed E-state index contributed by atoms with van der Waals surface area (Å²) in [5.41, 5.74) is -0.411. The predicted octanol–water partition coefficient (Wildman–Crippen LogP) is 3.17. The Morgan fingerprint density at radius 2 is 2.06 bits per heavy atom. The van der Waals surface area contributed by atoms with Crippen LogP contribution in [0.4, 0.5) is 4.79 Å². The largest absolute Gasteiger partial charge is 0.343 e. The van der Waals surface area contributed by atoms with Crippen molar-refractivity contribution in [3.63, 3.8) is 0 Å². The number of rotatable bonds is 7. The number of carbonyl (C=O) groups excluding carboxylic acids is 3. The van der Waals surface area contributed by atoms with E-state index in [0.29, 0.717) is 50.9 Å². The molecule has 0 bridgehead atoms. The third-order valence-electron chi connectivity index (χ3n) is 6.33. The molecule has 2 aliphatic rings. The summed E-state index contributed by atoms with van der Waals surface area (Å²) in [4.78, 5) is 47.6. The van der Waals surface area contributed by atoms with Crippen molar-refractivity contribution in [1.29, 1.82) is 0 Å². The Kier molecular flexibility index (Phi) is 6.36. The van der Waals surface area contributed by atoms with Gasteiger partial charge < -0.3 is 10.2 Å². The van der Waals surface area contributed by atoms with Gasteiger partial charge in [-0.1, -0.05) is 19.1 Å². The minimum Gasteiger partial charge on any atom is -0.343 e. The van der Waals surface area contributed by atoms with Crippen molar-refractivity contribution in [3.8, 4) is 0 Å². The standard InChI is InChI=1S/C23H28N4O3S/c1-2-5-20(28)26-12-8-17(9-13-26)23(18-6-3-11-24-16-18)21(29)27(22(30)25-23)14-10-19-7-4-15-31-19/h3-4,6-7,11,15-17H,2,5,8-10,12-14H2,1H3,(H,25,30)/t23-/m1/s1. The van der Waals surface area contributed by atoms with Crippen LogP contribution in [0.15, 0.2) is 42.0 Å². The molecule has 2 aromatic rings. The average Bonchev–Trinajstić information content (AvgIpc) is 3.40. The lowest BCUT2D eigenvalue weighted by Gasteiger charge is -2.41. The van der Waals surface area contributed by atoms with Gasteiger partial charge in [0.05, 0.1) is 0 Å². The fraction of sp³-hybridized carbons (Fsp3) is 0.478. The Balaban J connectivity index is 1.57. The molecule has 31 heavy (non-hydrogen) atoms. The van der Waals surface area contributed by atoms with Crippen molar-refractivity contribution in [2.24, 2.45) is 5.92 Å². The van der Waals surface area contributed by atoms with Crippen LogP contribution in [0.1, 0.15) is 43.0 Å². The molecule has 0 unspecified atom stereocenters. The summed E-state index contributed by atoms with van der Waals surface area (Å²) in [6.07, 6.45) is 6.68. The molecule has 0 aromatic carbocycles. The van der Waals surface area contributed by atoms with E-state index >= 15 is 0 Å². The van der Waals surface area contributed by atoms with Crippen molar-refractivity contribution in [2.75, 3.05) is 19.6 Å². The molecule has 2 saturated heterocycles. The minimum atomic E-state index is -1.12. The number of pyridine rings is 1. The van der Waals surface area contributed by atoms with Gasteiger partial charge >= 0.3 is 6.03 Å². The molecular weight excluding hydrogens is 412 g/mol. The van der Waals surface area contributed by atoms with Gasteiger partial charge in [0.2, 0.25) is 5.91 Å². The molecule has 2 fully saturated rings. The SMILES string of the molecule is CCCC(=O)N1CCC([C@]2(c3cccnc3)NC(=O)N(CCc3cccs3)C2=O)CC1. The number of carbonyl (C=O) groups is 3. The van der Waals surface area contributed by atoms with E-state index < -0.39 is 5.54 Å².